The molecule has 4 nitrogen and oxygen atoms in total. The molecule has 0 spiro atoms. The van der Waals surface area contributed by atoms with Crippen molar-refractivity contribution >= 4 is 17.5 Å². The summed E-state index contributed by atoms with van der Waals surface area (Å²) in [6, 6.07) is 25.4. The Kier molecular flexibility index (Phi) is 6.87. The summed E-state index contributed by atoms with van der Waals surface area (Å²) in [5.74, 6) is -0.385. The molecular formula is C30H34N2O2. The highest BCUT2D eigenvalue weighted by Crippen LogP contribution is 2.38. The lowest BCUT2D eigenvalue weighted by atomic mass is 9.83. The van der Waals surface area contributed by atoms with Crippen molar-refractivity contribution in [3.8, 4) is 0 Å². The SMILES string of the molecule is Cc1ccccc1C(=O)N1CCC[C@H](C(=O)Nc2cccc(C(C)(C)C)c2)[C@@H]1c1ccccc1. The van der Waals surface area contributed by atoms with E-state index in [2.05, 4.69) is 38.2 Å². The molecule has 1 aliphatic heterocycles. The van der Waals surface area contributed by atoms with Crippen LogP contribution in [0.3, 0.4) is 0 Å². The van der Waals surface area contributed by atoms with E-state index in [0.29, 0.717) is 12.1 Å². The van der Waals surface area contributed by atoms with E-state index >= 15 is 0 Å². The summed E-state index contributed by atoms with van der Waals surface area (Å²) in [5, 5.41) is 3.16. The fraction of sp³-hybridized carbons (Fsp3) is 0.333. The molecule has 0 unspecified atom stereocenters. The number of hydrogen-bond donors (Lipinski definition) is 1. The van der Waals surface area contributed by atoms with Gasteiger partial charge in [-0.2, -0.15) is 0 Å². The van der Waals surface area contributed by atoms with Crippen LogP contribution >= 0.6 is 0 Å². The summed E-state index contributed by atoms with van der Waals surface area (Å²) < 4.78 is 0. The topological polar surface area (TPSA) is 49.4 Å². The number of anilines is 1. The van der Waals surface area contributed by atoms with Crippen LogP contribution in [-0.4, -0.2) is 23.3 Å². The Labute approximate surface area is 203 Å². The molecule has 1 N–H and O–H groups in total. The molecule has 0 aliphatic carbocycles. The van der Waals surface area contributed by atoms with E-state index in [1.165, 1.54) is 5.56 Å². The number of hydrogen-bond acceptors (Lipinski definition) is 2. The molecule has 1 saturated heterocycles. The molecule has 176 valence electrons. The first-order valence-electron chi connectivity index (χ1n) is 12.1. The highest BCUT2D eigenvalue weighted by molar-refractivity contribution is 5.98. The Hall–Kier alpha value is -3.40. The maximum absolute atomic E-state index is 13.7. The minimum atomic E-state index is -0.331. The Morgan fingerprint density at radius 1 is 0.912 bits per heavy atom. The molecule has 4 rings (SSSR count). The number of amides is 2. The van der Waals surface area contributed by atoms with Gasteiger partial charge in [-0.1, -0.05) is 81.4 Å². The molecule has 3 aromatic rings. The molecule has 0 saturated carbocycles. The van der Waals surface area contributed by atoms with E-state index in [1.807, 2.05) is 78.6 Å². The van der Waals surface area contributed by atoms with E-state index < -0.39 is 0 Å². The highest BCUT2D eigenvalue weighted by atomic mass is 16.2. The zero-order chi connectivity index (χ0) is 24.3. The van der Waals surface area contributed by atoms with Gasteiger partial charge in [0.2, 0.25) is 5.91 Å². The van der Waals surface area contributed by atoms with Gasteiger partial charge in [-0.25, -0.2) is 0 Å². The quantitative estimate of drug-likeness (QED) is 0.487. The zero-order valence-corrected chi connectivity index (χ0v) is 20.5. The first-order chi connectivity index (χ1) is 16.3. The largest absolute Gasteiger partial charge is 0.331 e. The minimum absolute atomic E-state index is 0.00505. The van der Waals surface area contributed by atoms with Crippen molar-refractivity contribution in [2.75, 3.05) is 11.9 Å². The summed E-state index contributed by atoms with van der Waals surface area (Å²) in [4.78, 5) is 29.2. The summed E-state index contributed by atoms with van der Waals surface area (Å²) >= 11 is 0. The first-order valence-corrected chi connectivity index (χ1v) is 12.1. The van der Waals surface area contributed by atoms with Crippen molar-refractivity contribution in [3.63, 3.8) is 0 Å². The van der Waals surface area contributed by atoms with Crippen LogP contribution in [0, 0.1) is 12.8 Å². The van der Waals surface area contributed by atoms with Crippen LogP contribution in [0.2, 0.25) is 0 Å². The van der Waals surface area contributed by atoms with E-state index in [-0.39, 0.29) is 29.2 Å². The molecule has 0 aromatic heterocycles. The van der Waals surface area contributed by atoms with E-state index in [0.717, 1.165) is 29.7 Å². The average molecular weight is 455 g/mol. The summed E-state index contributed by atoms with van der Waals surface area (Å²) in [7, 11) is 0. The third kappa shape index (κ3) is 5.06. The second-order valence-corrected chi connectivity index (χ2v) is 10.2. The number of nitrogens with zero attached hydrogens (tertiary/aromatic N) is 1. The molecule has 1 aliphatic rings. The van der Waals surface area contributed by atoms with Crippen molar-refractivity contribution in [1.82, 2.24) is 4.90 Å². The van der Waals surface area contributed by atoms with Crippen LogP contribution < -0.4 is 5.32 Å². The average Bonchev–Trinajstić information content (AvgIpc) is 2.83. The van der Waals surface area contributed by atoms with Gasteiger partial charge in [0.25, 0.3) is 5.91 Å². The van der Waals surface area contributed by atoms with Gasteiger partial charge in [-0.05, 0) is 60.1 Å². The Balaban J connectivity index is 1.66. The minimum Gasteiger partial charge on any atom is -0.331 e. The van der Waals surface area contributed by atoms with Crippen LogP contribution in [0.4, 0.5) is 5.69 Å². The fourth-order valence-electron chi connectivity index (χ4n) is 4.83. The molecule has 1 fully saturated rings. The molecule has 0 radical (unpaired) electrons. The number of piperidine rings is 1. The van der Waals surface area contributed by atoms with Crippen LogP contribution in [0.5, 0.6) is 0 Å². The third-order valence-electron chi connectivity index (χ3n) is 6.74. The van der Waals surface area contributed by atoms with Gasteiger partial charge in [0, 0.05) is 17.8 Å². The van der Waals surface area contributed by atoms with E-state index in [4.69, 9.17) is 0 Å². The maximum Gasteiger partial charge on any atom is 0.254 e. The maximum atomic E-state index is 13.7. The molecule has 3 aromatic carbocycles. The monoisotopic (exact) mass is 454 g/mol. The first kappa shape index (κ1) is 23.7. The lowest BCUT2D eigenvalue weighted by Crippen LogP contribution is -2.46. The lowest BCUT2D eigenvalue weighted by molar-refractivity contribution is -0.123. The Bertz CT molecular complexity index is 1160. The number of carbonyl (C=O) groups excluding carboxylic acids is 2. The van der Waals surface area contributed by atoms with Gasteiger partial charge in [-0.15, -0.1) is 0 Å². The smallest absolute Gasteiger partial charge is 0.254 e. The predicted octanol–water partition coefficient (Wildman–Crippen LogP) is 6.52. The Morgan fingerprint density at radius 2 is 1.62 bits per heavy atom. The number of rotatable bonds is 4. The van der Waals surface area contributed by atoms with Crippen molar-refractivity contribution in [2.45, 2.75) is 52.0 Å². The molecule has 4 heteroatoms. The van der Waals surface area contributed by atoms with Crippen LogP contribution in [0.15, 0.2) is 78.9 Å². The van der Waals surface area contributed by atoms with Crippen molar-refractivity contribution in [1.29, 1.82) is 0 Å². The Morgan fingerprint density at radius 3 is 2.32 bits per heavy atom. The summed E-state index contributed by atoms with van der Waals surface area (Å²) in [6.07, 6.45) is 1.53. The summed E-state index contributed by atoms with van der Waals surface area (Å²) in [5.41, 5.74) is 4.60. The normalized spacial score (nSPS) is 18.4. The van der Waals surface area contributed by atoms with Gasteiger partial charge < -0.3 is 10.2 Å². The van der Waals surface area contributed by atoms with Crippen molar-refractivity contribution in [2.24, 2.45) is 5.92 Å². The molecule has 2 amide bonds. The molecule has 2 atom stereocenters. The van der Waals surface area contributed by atoms with Crippen molar-refractivity contribution in [3.05, 3.63) is 101 Å². The number of benzene rings is 3. The number of likely N-dealkylation sites (tertiary alicyclic amines) is 1. The molecular weight excluding hydrogens is 420 g/mol. The second-order valence-electron chi connectivity index (χ2n) is 10.2. The van der Waals surface area contributed by atoms with E-state index in [1.54, 1.807) is 0 Å². The van der Waals surface area contributed by atoms with Crippen molar-refractivity contribution < 1.29 is 9.59 Å². The molecule has 34 heavy (non-hydrogen) atoms. The second kappa shape index (κ2) is 9.84. The fourth-order valence-corrected chi connectivity index (χ4v) is 4.83. The molecule has 0 bridgehead atoms. The third-order valence-corrected chi connectivity index (χ3v) is 6.74. The highest BCUT2D eigenvalue weighted by Gasteiger charge is 2.40. The van der Waals surface area contributed by atoms with Gasteiger partial charge in [0.1, 0.15) is 0 Å². The van der Waals surface area contributed by atoms with Gasteiger partial charge >= 0.3 is 0 Å². The standard InChI is InChI=1S/C30H34N2O2/c1-21-12-8-9-17-25(21)29(34)32-19-11-18-26(27(32)22-13-6-5-7-14-22)28(33)31-24-16-10-15-23(20-24)30(2,3)4/h5-10,12-17,20,26-27H,11,18-19H2,1-4H3,(H,31,33)/t26-,27-/m0/s1. The van der Waals surface area contributed by atoms with Gasteiger partial charge in [-0.3, -0.25) is 9.59 Å². The lowest BCUT2D eigenvalue weighted by Gasteiger charge is -2.41. The predicted molar refractivity (Wildman–Crippen MR) is 138 cm³/mol. The summed E-state index contributed by atoms with van der Waals surface area (Å²) in [6.45, 7) is 9.08. The van der Waals surface area contributed by atoms with Gasteiger partial charge in [0.05, 0.1) is 12.0 Å². The number of carbonyl (C=O) groups is 2. The number of nitrogens with one attached hydrogen (secondary N) is 1. The van der Waals surface area contributed by atoms with Crippen LogP contribution in [-0.2, 0) is 10.2 Å². The van der Waals surface area contributed by atoms with E-state index in [9.17, 15) is 9.59 Å². The van der Waals surface area contributed by atoms with Crippen LogP contribution in [0.25, 0.3) is 0 Å². The van der Waals surface area contributed by atoms with Gasteiger partial charge in [0.15, 0.2) is 0 Å². The zero-order valence-electron chi connectivity index (χ0n) is 20.5. The number of aryl methyl sites for hydroxylation is 1. The molecule has 1 heterocycles. The van der Waals surface area contributed by atoms with Crippen LogP contribution in [0.1, 0.15) is 66.7 Å².